The highest BCUT2D eigenvalue weighted by molar-refractivity contribution is 5.66. The summed E-state index contributed by atoms with van der Waals surface area (Å²) >= 11 is 0. The predicted octanol–water partition coefficient (Wildman–Crippen LogP) is 4.40. The van der Waals surface area contributed by atoms with Gasteiger partial charge in [-0.25, -0.2) is 0 Å². The topological polar surface area (TPSA) is 17.8 Å². The molecule has 0 N–H and O–H groups in total. The van der Waals surface area contributed by atoms with Gasteiger partial charge in [0.2, 0.25) is 0 Å². The fourth-order valence-corrected chi connectivity index (χ4v) is 2.09. The van der Waals surface area contributed by atoms with Crippen LogP contribution in [0.1, 0.15) is 32.0 Å². The Balaban J connectivity index is 2.48. The first-order chi connectivity index (χ1) is 9.09. The van der Waals surface area contributed by atoms with Gasteiger partial charge >= 0.3 is 6.18 Å². The molecule has 2 aromatic rings. The van der Waals surface area contributed by atoms with Gasteiger partial charge in [-0.1, -0.05) is 32.9 Å². The summed E-state index contributed by atoms with van der Waals surface area (Å²) in [6.45, 7) is 6.09. The highest BCUT2D eigenvalue weighted by Crippen LogP contribution is 2.34. The van der Waals surface area contributed by atoms with Crippen LogP contribution in [0.3, 0.4) is 0 Å². The van der Waals surface area contributed by atoms with Crippen molar-refractivity contribution in [1.82, 2.24) is 9.78 Å². The Morgan fingerprint density at radius 2 is 1.55 bits per heavy atom. The van der Waals surface area contributed by atoms with Crippen LogP contribution in [0.15, 0.2) is 30.5 Å². The molecule has 1 aromatic carbocycles. The molecule has 0 aliphatic rings. The Labute approximate surface area is 116 Å². The lowest BCUT2D eigenvalue weighted by Crippen LogP contribution is -2.13. The maximum Gasteiger partial charge on any atom is 0.416 e. The van der Waals surface area contributed by atoms with E-state index in [4.69, 9.17) is 0 Å². The highest BCUT2D eigenvalue weighted by atomic mass is 19.4. The van der Waals surface area contributed by atoms with Gasteiger partial charge in [-0.2, -0.15) is 18.3 Å². The summed E-state index contributed by atoms with van der Waals surface area (Å²) in [6.07, 6.45) is -2.47. The quantitative estimate of drug-likeness (QED) is 0.758. The van der Waals surface area contributed by atoms with Crippen LogP contribution in [0.5, 0.6) is 0 Å². The summed E-state index contributed by atoms with van der Waals surface area (Å²) in [7, 11) is 1.81. The third-order valence-corrected chi connectivity index (χ3v) is 3.06. The summed E-state index contributed by atoms with van der Waals surface area (Å²) in [5.74, 6) is 0. The number of hydrogen-bond donors (Lipinski definition) is 0. The molecule has 2 rings (SSSR count). The minimum Gasteiger partial charge on any atom is -0.275 e. The molecule has 0 atom stereocenters. The van der Waals surface area contributed by atoms with Gasteiger partial charge in [0.05, 0.1) is 11.3 Å². The molecule has 108 valence electrons. The smallest absolute Gasteiger partial charge is 0.275 e. The van der Waals surface area contributed by atoms with Crippen molar-refractivity contribution in [3.05, 3.63) is 41.7 Å². The summed E-state index contributed by atoms with van der Waals surface area (Å²) in [6, 6.07) is 5.20. The summed E-state index contributed by atoms with van der Waals surface area (Å²) in [5.41, 5.74) is 1.69. The van der Waals surface area contributed by atoms with Crippen molar-refractivity contribution >= 4 is 0 Å². The Hall–Kier alpha value is -1.78. The monoisotopic (exact) mass is 282 g/mol. The minimum atomic E-state index is -4.31. The molecule has 1 aromatic heterocycles. The second kappa shape index (κ2) is 4.65. The Morgan fingerprint density at radius 3 is 2.00 bits per heavy atom. The number of alkyl halides is 3. The van der Waals surface area contributed by atoms with Crippen LogP contribution >= 0.6 is 0 Å². The molecule has 2 nitrogen and oxygen atoms in total. The molecule has 0 unspecified atom stereocenters. The number of halogens is 3. The number of hydrogen-bond acceptors (Lipinski definition) is 1. The number of rotatable bonds is 1. The third kappa shape index (κ3) is 2.86. The van der Waals surface area contributed by atoms with Gasteiger partial charge in [-0.15, -0.1) is 0 Å². The van der Waals surface area contributed by atoms with Crippen LogP contribution in [0.2, 0.25) is 0 Å². The third-order valence-electron chi connectivity index (χ3n) is 3.06. The maximum atomic E-state index is 12.6. The zero-order valence-electron chi connectivity index (χ0n) is 11.9. The minimum absolute atomic E-state index is 0.167. The van der Waals surface area contributed by atoms with Gasteiger partial charge in [0.25, 0.3) is 0 Å². The van der Waals surface area contributed by atoms with Crippen LogP contribution in [0, 0.1) is 0 Å². The largest absolute Gasteiger partial charge is 0.416 e. The fourth-order valence-electron chi connectivity index (χ4n) is 2.09. The molecule has 5 heteroatoms. The van der Waals surface area contributed by atoms with Gasteiger partial charge < -0.3 is 0 Å². The van der Waals surface area contributed by atoms with Gasteiger partial charge in [0, 0.05) is 24.2 Å². The van der Waals surface area contributed by atoms with E-state index >= 15 is 0 Å². The average Bonchev–Trinajstić information content (AvgIpc) is 2.70. The predicted molar refractivity (Wildman–Crippen MR) is 72.3 cm³/mol. The Bertz CT molecular complexity index is 602. The van der Waals surface area contributed by atoms with E-state index in [0.29, 0.717) is 0 Å². The molecule has 1 heterocycles. The van der Waals surface area contributed by atoms with Crippen LogP contribution in [-0.2, 0) is 18.6 Å². The standard InChI is InChI=1S/C15H17F3N2/c1-14(2,3)13-12(9-20(4)19-13)10-5-7-11(8-6-10)15(16,17)18/h5-9H,1-4H3. The molecule has 20 heavy (non-hydrogen) atoms. The zero-order valence-corrected chi connectivity index (χ0v) is 11.9. The zero-order chi connectivity index (χ0) is 15.1. The lowest BCUT2D eigenvalue weighted by molar-refractivity contribution is -0.137. The van der Waals surface area contributed by atoms with Gasteiger partial charge in [-0.3, -0.25) is 4.68 Å². The van der Waals surface area contributed by atoms with Crippen molar-refractivity contribution in [2.45, 2.75) is 32.4 Å². The summed E-state index contributed by atoms with van der Waals surface area (Å²) < 4.78 is 39.4. The summed E-state index contributed by atoms with van der Waals surface area (Å²) in [5, 5.41) is 4.42. The molecule has 0 radical (unpaired) electrons. The van der Waals surface area contributed by atoms with Gasteiger partial charge in [0.1, 0.15) is 0 Å². The lowest BCUT2D eigenvalue weighted by atomic mass is 9.87. The van der Waals surface area contributed by atoms with Crippen LogP contribution in [0.25, 0.3) is 11.1 Å². The Kier molecular flexibility index (Phi) is 3.40. The van der Waals surface area contributed by atoms with Crippen LogP contribution in [-0.4, -0.2) is 9.78 Å². The van der Waals surface area contributed by atoms with Crippen molar-refractivity contribution in [3.63, 3.8) is 0 Å². The number of aromatic nitrogens is 2. The van der Waals surface area contributed by atoms with E-state index < -0.39 is 11.7 Å². The molecule has 0 fully saturated rings. The first-order valence-electron chi connectivity index (χ1n) is 6.31. The van der Waals surface area contributed by atoms with E-state index in [1.807, 2.05) is 34.0 Å². The summed E-state index contributed by atoms with van der Waals surface area (Å²) in [4.78, 5) is 0. The first kappa shape index (κ1) is 14.6. The Morgan fingerprint density at radius 1 is 1.00 bits per heavy atom. The van der Waals surface area contributed by atoms with Crippen molar-refractivity contribution in [1.29, 1.82) is 0 Å². The van der Waals surface area contributed by atoms with E-state index in [1.165, 1.54) is 12.1 Å². The van der Waals surface area contributed by atoms with E-state index in [1.54, 1.807) is 4.68 Å². The van der Waals surface area contributed by atoms with Crippen molar-refractivity contribution in [2.75, 3.05) is 0 Å². The molecule has 0 saturated carbocycles. The normalized spacial score (nSPS) is 12.8. The number of nitrogens with zero attached hydrogens (tertiary/aromatic N) is 2. The van der Waals surface area contributed by atoms with Crippen molar-refractivity contribution < 1.29 is 13.2 Å². The number of benzene rings is 1. The molecule has 0 saturated heterocycles. The maximum absolute atomic E-state index is 12.6. The van der Waals surface area contributed by atoms with Crippen LogP contribution < -0.4 is 0 Å². The van der Waals surface area contributed by atoms with E-state index in [9.17, 15) is 13.2 Å². The van der Waals surface area contributed by atoms with Gasteiger partial charge in [-0.05, 0) is 17.7 Å². The second-order valence-corrected chi connectivity index (χ2v) is 5.89. The van der Waals surface area contributed by atoms with Crippen LogP contribution in [0.4, 0.5) is 13.2 Å². The second-order valence-electron chi connectivity index (χ2n) is 5.89. The van der Waals surface area contributed by atoms with E-state index in [2.05, 4.69) is 5.10 Å². The van der Waals surface area contributed by atoms with Crippen molar-refractivity contribution in [2.24, 2.45) is 7.05 Å². The van der Waals surface area contributed by atoms with E-state index in [0.717, 1.165) is 29.0 Å². The molecule has 0 spiro atoms. The first-order valence-corrected chi connectivity index (χ1v) is 6.31. The SMILES string of the molecule is Cn1cc(-c2ccc(C(F)(F)F)cc2)c(C(C)(C)C)n1. The average molecular weight is 282 g/mol. The molecular weight excluding hydrogens is 265 g/mol. The highest BCUT2D eigenvalue weighted by Gasteiger charge is 2.30. The van der Waals surface area contributed by atoms with E-state index in [-0.39, 0.29) is 5.41 Å². The molecule has 0 aliphatic carbocycles. The molecule has 0 bridgehead atoms. The number of aryl methyl sites for hydroxylation is 1. The fraction of sp³-hybridized carbons (Fsp3) is 0.400. The molecular formula is C15H17F3N2. The van der Waals surface area contributed by atoms with Gasteiger partial charge in [0.15, 0.2) is 0 Å². The van der Waals surface area contributed by atoms with Crippen molar-refractivity contribution in [3.8, 4) is 11.1 Å². The lowest BCUT2D eigenvalue weighted by Gasteiger charge is -2.17. The molecule has 0 amide bonds. The molecule has 0 aliphatic heterocycles.